The van der Waals surface area contributed by atoms with Crippen LogP contribution in [0.2, 0.25) is 5.02 Å². The molecule has 2 rings (SSSR count). The van der Waals surface area contributed by atoms with Crippen LogP contribution < -0.4 is 15.5 Å². The molecule has 0 spiro atoms. The van der Waals surface area contributed by atoms with E-state index in [1.807, 2.05) is 7.05 Å². The number of hydrazine groups is 1. The summed E-state index contributed by atoms with van der Waals surface area (Å²) in [6.07, 6.45) is -4.61. The normalized spacial score (nSPS) is 11.5. The molecule has 0 bridgehead atoms. The van der Waals surface area contributed by atoms with E-state index >= 15 is 0 Å². The second-order valence-corrected chi connectivity index (χ2v) is 6.04. The van der Waals surface area contributed by atoms with Crippen LogP contribution in [0.4, 0.5) is 18.9 Å². The highest BCUT2D eigenvalue weighted by Gasteiger charge is 2.33. The predicted molar refractivity (Wildman–Crippen MR) is 98.0 cm³/mol. The van der Waals surface area contributed by atoms with Gasteiger partial charge in [-0.3, -0.25) is 10.2 Å². The van der Waals surface area contributed by atoms with E-state index in [-0.39, 0.29) is 11.3 Å². The van der Waals surface area contributed by atoms with Crippen molar-refractivity contribution in [1.82, 2.24) is 10.4 Å². The van der Waals surface area contributed by atoms with Gasteiger partial charge in [0, 0.05) is 19.3 Å². The van der Waals surface area contributed by atoms with Crippen LogP contribution in [0, 0.1) is 0 Å². The van der Waals surface area contributed by atoms with Gasteiger partial charge >= 0.3 is 6.18 Å². The van der Waals surface area contributed by atoms with Crippen LogP contribution in [0.5, 0.6) is 5.75 Å². The SMILES string of the molecule is CNN(C)CCOc1ccccc1C(=O)Nc1ccc(Cl)c(C(F)(F)F)c1. The molecule has 0 aliphatic heterocycles. The lowest BCUT2D eigenvalue weighted by Gasteiger charge is -2.17. The third-order valence-corrected chi connectivity index (χ3v) is 4.06. The molecule has 2 N–H and O–H groups in total. The van der Waals surface area contributed by atoms with Crippen LogP contribution in [0.15, 0.2) is 42.5 Å². The molecule has 0 aromatic heterocycles. The van der Waals surface area contributed by atoms with Crippen LogP contribution in [0.25, 0.3) is 0 Å². The molecule has 27 heavy (non-hydrogen) atoms. The number of likely N-dealkylation sites (N-methyl/N-ethyl adjacent to an activating group) is 1. The third-order valence-electron chi connectivity index (χ3n) is 3.73. The van der Waals surface area contributed by atoms with E-state index in [1.165, 1.54) is 12.1 Å². The Morgan fingerprint density at radius 2 is 1.93 bits per heavy atom. The number of ether oxygens (including phenoxy) is 1. The van der Waals surface area contributed by atoms with Crippen molar-refractivity contribution in [2.45, 2.75) is 6.18 Å². The highest BCUT2D eigenvalue weighted by molar-refractivity contribution is 6.31. The molecular weight excluding hydrogens is 383 g/mol. The summed E-state index contributed by atoms with van der Waals surface area (Å²) < 4.78 is 44.5. The van der Waals surface area contributed by atoms with Gasteiger partial charge in [0.2, 0.25) is 0 Å². The van der Waals surface area contributed by atoms with Gasteiger partial charge in [0.15, 0.2) is 0 Å². The third kappa shape index (κ3) is 5.85. The highest BCUT2D eigenvalue weighted by atomic mass is 35.5. The number of carbonyl (C=O) groups is 1. The fourth-order valence-corrected chi connectivity index (χ4v) is 2.43. The summed E-state index contributed by atoms with van der Waals surface area (Å²) >= 11 is 5.59. The van der Waals surface area contributed by atoms with Gasteiger partial charge in [-0.25, -0.2) is 5.01 Å². The zero-order valence-corrected chi connectivity index (χ0v) is 15.5. The van der Waals surface area contributed by atoms with Gasteiger partial charge in [0.05, 0.1) is 16.1 Å². The predicted octanol–water partition coefficient (Wildman–Crippen LogP) is 4.06. The van der Waals surface area contributed by atoms with Crippen molar-refractivity contribution >= 4 is 23.2 Å². The fourth-order valence-electron chi connectivity index (χ4n) is 2.20. The van der Waals surface area contributed by atoms with Crippen molar-refractivity contribution in [3.05, 3.63) is 58.6 Å². The van der Waals surface area contributed by atoms with Gasteiger partial charge in [0.25, 0.3) is 5.91 Å². The van der Waals surface area contributed by atoms with Gasteiger partial charge in [-0.2, -0.15) is 13.2 Å². The molecule has 0 atom stereocenters. The van der Waals surface area contributed by atoms with Crippen LogP contribution in [0.3, 0.4) is 0 Å². The monoisotopic (exact) mass is 401 g/mol. The van der Waals surface area contributed by atoms with E-state index in [2.05, 4.69) is 10.7 Å². The number of hydrogen-bond acceptors (Lipinski definition) is 4. The molecule has 0 fully saturated rings. The number of halogens is 4. The Bertz CT molecular complexity index is 800. The Morgan fingerprint density at radius 1 is 1.22 bits per heavy atom. The van der Waals surface area contributed by atoms with E-state index in [1.54, 1.807) is 30.3 Å². The molecular formula is C18H19ClF3N3O2. The average Bonchev–Trinajstić information content (AvgIpc) is 2.62. The Balaban J connectivity index is 2.15. The number of nitrogens with one attached hydrogen (secondary N) is 2. The second kappa shape index (κ2) is 9.07. The first kappa shape index (κ1) is 21.0. The number of alkyl halides is 3. The molecule has 1 amide bonds. The van der Waals surface area contributed by atoms with Gasteiger partial charge in [-0.15, -0.1) is 0 Å². The van der Waals surface area contributed by atoms with E-state index in [0.29, 0.717) is 18.9 Å². The first-order chi connectivity index (χ1) is 12.7. The van der Waals surface area contributed by atoms with Crippen LogP contribution in [-0.4, -0.2) is 38.2 Å². The lowest BCUT2D eigenvalue weighted by atomic mass is 10.1. The Kier molecular flexibility index (Phi) is 7.06. The molecule has 0 aliphatic carbocycles. The Labute approximate surface area is 160 Å². The van der Waals surface area contributed by atoms with Gasteiger partial charge in [-0.1, -0.05) is 23.7 Å². The molecule has 146 valence electrons. The minimum Gasteiger partial charge on any atom is -0.491 e. The molecule has 0 unspecified atom stereocenters. The highest BCUT2D eigenvalue weighted by Crippen LogP contribution is 2.36. The topological polar surface area (TPSA) is 53.6 Å². The van der Waals surface area contributed by atoms with Gasteiger partial charge in [0.1, 0.15) is 12.4 Å². The number of anilines is 1. The van der Waals surface area contributed by atoms with Gasteiger partial charge in [-0.05, 0) is 37.4 Å². The maximum Gasteiger partial charge on any atom is 0.417 e. The van der Waals surface area contributed by atoms with Crippen LogP contribution in [-0.2, 0) is 6.18 Å². The number of carbonyl (C=O) groups excluding carboxylic acids is 1. The molecule has 5 nitrogen and oxygen atoms in total. The minimum atomic E-state index is -4.61. The Hall–Kier alpha value is -2.29. The molecule has 9 heteroatoms. The summed E-state index contributed by atoms with van der Waals surface area (Å²) in [4.78, 5) is 12.5. The van der Waals surface area contributed by atoms with Crippen LogP contribution >= 0.6 is 11.6 Å². The van der Waals surface area contributed by atoms with E-state index < -0.39 is 22.7 Å². The summed E-state index contributed by atoms with van der Waals surface area (Å²) in [7, 11) is 3.60. The number of benzene rings is 2. The molecule has 0 aliphatic rings. The first-order valence-electron chi connectivity index (χ1n) is 8.01. The molecule has 0 saturated carbocycles. The van der Waals surface area contributed by atoms with Crippen molar-refractivity contribution in [2.24, 2.45) is 0 Å². The zero-order valence-electron chi connectivity index (χ0n) is 14.7. The maximum atomic E-state index is 13.0. The number of para-hydroxylation sites is 1. The summed E-state index contributed by atoms with van der Waals surface area (Å²) in [5.74, 6) is -0.243. The number of hydrogen-bond donors (Lipinski definition) is 2. The van der Waals surface area contributed by atoms with Crippen molar-refractivity contribution in [2.75, 3.05) is 32.6 Å². The first-order valence-corrected chi connectivity index (χ1v) is 8.38. The van der Waals surface area contributed by atoms with Crippen molar-refractivity contribution in [3.8, 4) is 5.75 Å². The average molecular weight is 402 g/mol. The lowest BCUT2D eigenvalue weighted by molar-refractivity contribution is -0.137. The summed E-state index contributed by atoms with van der Waals surface area (Å²) in [5.41, 5.74) is 2.11. The van der Waals surface area contributed by atoms with Crippen LogP contribution in [0.1, 0.15) is 15.9 Å². The summed E-state index contributed by atoms with van der Waals surface area (Å²) in [6.45, 7) is 0.888. The quantitative estimate of drug-likeness (QED) is 0.687. The maximum absolute atomic E-state index is 13.0. The van der Waals surface area contributed by atoms with E-state index in [4.69, 9.17) is 16.3 Å². The smallest absolute Gasteiger partial charge is 0.417 e. The summed E-state index contributed by atoms with van der Waals surface area (Å²) in [5, 5.41) is 3.82. The fraction of sp³-hybridized carbons (Fsp3) is 0.278. The molecule has 2 aromatic rings. The van der Waals surface area contributed by atoms with E-state index in [0.717, 1.165) is 12.1 Å². The second-order valence-electron chi connectivity index (χ2n) is 5.64. The van der Waals surface area contributed by atoms with Crippen molar-refractivity contribution in [1.29, 1.82) is 0 Å². The minimum absolute atomic E-state index is 0.0126. The molecule has 0 radical (unpaired) electrons. The lowest BCUT2D eigenvalue weighted by Crippen LogP contribution is -2.34. The molecule has 0 heterocycles. The standard InChI is InChI=1S/C18H19ClF3N3O2/c1-23-25(2)9-10-27-16-6-4-3-5-13(16)17(26)24-12-7-8-15(19)14(11-12)18(20,21)22/h3-8,11,23H,9-10H2,1-2H3,(H,24,26). The molecule has 2 aromatic carbocycles. The zero-order chi connectivity index (χ0) is 20.0. The largest absolute Gasteiger partial charge is 0.491 e. The number of rotatable bonds is 7. The van der Waals surface area contributed by atoms with Crippen molar-refractivity contribution in [3.63, 3.8) is 0 Å². The number of amides is 1. The summed E-state index contributed by atoms with van der Waals surface area (Å²) in [6, 6.07) is 9.70. The van der Waals surface area contributed by atoms with Gasteiger partial charge < -0.3 is 10.1 Å². The van der Waals surface area contributed by atoms with Crippen molar-refractivity contribution < 1.29 is 22.7 Å². The molecule has 0 saturated heterocycles. The van der Waals surface area contributed by atoms with E-state index in [9.17, 15) is 18.0 Å². The Morgan fingerprint density at radius 3 is 2.59 bits per heavy atom. The number of nitrogens with zero attached hydrogens (tertiary/aromatic N) is 1.